The number of hydrogen-bond donors (Lipinski definition) is 1. The van der Waals surface area contributed by atoms with E-state index in [1.165, 1.54) is 4.68 Å². The molecule has 1 N–H and O–H groups in total. The Balaban J connectivity index is 1.68. The number of nitrogens with one attached hydrogen (secondary N) is 1. The number of carbonyl (C=O) groups excluding carboxylic acids is 1. The summed E-state index contributed by atoms with van der Waals surface area (Å²) in [6.45, 7) is 1.22. The smallest absolute Gasteiger partial charge is 0.288 e. The van der Waals surface area contributed by atoms with Crippen molar-refractivity contribution in [3.05, 3.63) is 21.6 Å². The fraction of sp³-hybridized carbons (Fsp3) is 0.737. The predicted molar refractivity (Wildman–Crippen MR) is 98.5 cm³/mol. The molecule has 4 aliphatic rings. The SMILES string of the molecule is COCCCNc1cnn(C23C[C@@H]4CC(C[C@@H](C4)C2)[C@@H]3C(=O)[O-])c(=O)c1Cl. The van der Waals surface area contributed by atoms with Crippen molar-refractivity contribution in [1.29, 1.82) is 0 Å². The van der Waals surface area contributed by atoms with Crippen molar-refractivity contribution >= 4 is 23.3 Å². The van der Waals surface area contributed by atoms with Gasteiger partial charge in [-0.05, 0) is 56.3 Å². The van der Waals surface area contributed by atoms with Crippen LogP contribution in [0.4, 0.5) is 5.69 Å². The number of halogens is 1. The summed E-state index contributed by atoms with van der Waals surface area (Å²) >= 11 is 6.35. The van der Waals surface area contributed by atoms with E-state index in [2.05, 4.69) is 10.4 Å². The lowest BCUT2D eigenvalue weighted by Gasteiger charge is -2.61. The normalized spacial score (nSPS) is 34.0. The highest BCUT2D eigenvalue weighted by molar-refractivity contribution is 6.32. The molecule has 5 atom stereocenters. The van der Waals surface area contributed by atoms with Gasteiger partial charge in [0.05, 0.1) is 17.4 Å². The summed E-state index contributed by atoms with van der Waals surface area (Å²) in [5, 5.41) is 19.6. The lowest BCUT2D eigenvalue weighted by atomic mass is 9.48. The van der Waals surface area contributed by atoms with Crippen molar-refractivity contribution < 1.29 is 14.6 Å². The van der Waals surface area contributed by atoms with Crippen molar-refractivity contribution in [2.75, 3.05) is 25.6 Å². The maximum Gasteiger partial charge on any atom is 0.288 e. The van der Waals surface area contributed by atoms with Gasteiger partial charge in [-0.1, -0.05) is 11.6 Å². The third kappa shape index (κ3) is 3.05. The molecule has 0 saturated heterocycles. The van der Waals surface area contributed by atoms with Gasteiger partial charge in [-0.15, -0.1) is 0 Å². The van der Waals surface area contributed by atoms with Gasteiger partial charge in [0, 0.05) is 32.1 Å². The van der Waals surface area contributed by atoms with Crippen LogP contribution in [-0.2, 0) is 15.1 Å². The molecule has 7 nitrogen and oxygen atoms in total. The molecule has 0 spiro atoms. The first-order valence-electron chi connectivity index (χ1n) is 9.68. The summed E-state index contributed by atoms with van der Waals surface area (Å²) in [5.74, 6) is -0.757. The molecule has 8 heteroatoms. The molecule has 4 fully saturated rings. The number of rotatable bonds is 7. The summed E-state index contributed by atoms with van der Waals surface area (Å²) < 4.78 is 6.38. The van der Waals surface area contributed by atoms with Crippen LogP contribution in [-0.4, -0.2) is 36.0 Å². The van der Waals surface area contributed by atoms with Crippen LogP contribution in [0, 0.1) is 23.7 Å². The Labute approximate surface area is 163 Å². The second-order valence-electron chi connectivity index (χ2n) is 8.37. The topological polar surface area (TPSA) is 96.3 Å². The van der Waals surface area contributed by atoms with Gasteiger partial charge in [0.15, 0.2) is 0 Å². The van der Waals surface area contributed by atoms with E-state index in [1.54, 1.807) is 13.3 Å². The van der Waals surface area contributed by atoms with E-state index >= 15 is 0 Å². The number of carboxylic acid groups (broad SMARTS) is 1. The minimum absolute atomic E-state index is 0.0651. The molecule has 5 rings (SSSR count). The van der Waals surface area contributed by atoms with Crippen molar-refractivity contribution in [2.45, 2.75) is 44.1 Å². The van der Waals surface area contributed by atoms with Gasteiger partial charge in [0.2, 0.25) is 0 Å². The first-order valence-corrected chi connectivity index (χ1v) is 10.1. The average molecular weight is 395 g/mol. The van der Waals surface area contributed by atoms with Gasteiger partial charge in [-0.3, -0.25) is 4.79 Å². The molecule has 148 valence electrons. The number of hydrogen-bond acceptors (Lipinski definition) is 6. The lowest BCUT2D eigenvalue weighted by Crippen LogP contribution is -2.65. The number of anilines is 1. The Morgan fingerprint density at radius 3 is 2.74 bits per heavy atom. The molecular formula is C19H25ClN3O4-. The number of ether oxygens (including phenoxy) is 1. The van der Waals surface area contributed by atoms with Crippen LogP contribution in [0.15, 0.2) is 11.0 Å². The second-order valence-corrected chi connectivity index (χ2v) is 8.75. The highest BCUT2D eigenvalue weighted by Crippen LogP contribution is 2.61. The fourth-order valence-corrected chi connectivity index (χ4v) is 6.22. The van der Waals surface area contributed by atoms with Crippen molar-refractivity contribution in [2.24, 2.45) is 23.7 Å². The zero-order valence-electron chi connectivity index (χ0n) is 15.4. The number of carbonyl (C=O) groups is 1. The Morgan fingerprint density at radius 1 is 1.41 bits per heavy atom. The van der Waals surface area contributed by atoms with Crippen molar-refractivity contribution in [1.82, 2.24) is 9.78 Å². The van der Waals surface area contributed by atoms with Gasteiger partial charge < -0.3 is 20.0 Å². The van der Waals surface area contributed by atoms with E-state index in [9.17, 15) is 14.7 Å². The van der Waals surface area contributed by atoms with Crippen LogP contribution in [0.1, 0.15) is 38.5 Å². The second kappa shape index (κ2) is 7.09. The van der Waals surface area contributed by atoms with Gasteiger partial charge in [-0.2, -0.15) is 5.10 Å². The molecule has 1 aromatic heterocycles. The molecule has 27 heavy (non-hydrogen) atoms. The quantitative estimate of drug-likeness (QED) is 0.699. The van der Waals surface area contributed by atoms with E-state index in [0.29, 0.717) is 43.5 Å². The maximum atomic E-state index is 13.1. The molecule has 0 aliphatic heterocycles. The Bertz CT molecular complexity index is 782. The van der Waals surface area contributed by atoms with Crippen molar-refractivity contribution in [3.63, 3.8) is 0 Å². The molecule has 4 saturated carbocycles. The summed E-state index contributed by atoms with van der Waals surface area (Å²) in [5.41, 5.74) is -0.742. The Kier molecular flexibility index (Phi) is 4.93. The zero-order valence-corrected chi connectivity index (χ0v) is 16.2. The standard InChI is InChI=1S/C19H26ClN3O4/c1-27-4-2-3-21-14-10-22-23(17(24)16(14)20)19-8-11-5-12(9-19)7-13(6-11)15(19)18(25)26/h10-13,15,21H,2-9H2,1H3,(H,25,26)/p-1/t11-,12+,13?,15-,19?/m1/s1. The van der Waals surface area contributed by atoms with E-state index < -0.39 is 23.0 Å². The number of aromatic nitrogens is 2. The van der Waals surface area contributed by atoms with Crippen molar-refractivity contribution in [3.8, 4) is 0 Å². The average Bonchev–Trinajstić information content (AvgIpc) is 2.60. The van der Waals surface area contributed by atoms with E-state index in [4.69, 9.17) is 16.3 Å². The number of carboxylic acids is 1. The molecule has 0 aromatic carbocycles. The summed E-state index contributed by atoms with van der Waals surface area (Å²) in [4.78, 5) is 25.1. The van der Waals surface area contributed by atoms with Crippen LogP contribution in [0.25, 0.3) is 0 Å². The maximum absolute atomic E-state index is 13.1. The fourth-order valence-electron chi connectivity index (χ4n) is 6.03. The van der Waals surface area contributed by atoms with Gasteiger partial charge >= 0.3 is 0 Å². The van der Waals surface area contributed by atoms with Crippen LogP contribution in [0.5, 0.6) is 0 Å². The summed E-state index contributed by atoms with van der Waals surface area (Å²) in [6.07, 6.45) is 6.61. The highest BCUT2D eigenvalue weighted by Gasteiger charge is 2.59. The number of nitrogens with zero attached hydrogens (tertiary/aromatic N) is 2. The molecule has 0 amide bonds. The number of methoxy groups -OCH3 is 1. The van der Waals surface area contributed by atoms with E-state index in [-0.39, 0.29) is 10.9 Å². The summed E-state index contributed by atoms with van der Waals surface area (Å²) in [7, 11) is 1.63. The van der Waals surface area contributed by atoms with Crippen LogP contribution >= 0.6 is 11.6 Å². The van der Waals surface area contributed by atoms with E-state index in [1.807, 2.05) is 0 Å². The first kappa shape index (κ1) is 18.7. The minimum atomic E-state index is -1.06. The highest BCUT2D eigenvalue weighted by atomic mass is 35.5. The third-order valence-corrected chi connectivity index (χ3v) is 7.07. The Hall–Kier alpha value is -1.60. The minimum Gasteiger partial charge on any atom is -0.550 e. The van der Waals surface area contributed by atoms with Crippen LogP contribution < -0.4 is 16.0 Å². The third-order valence-electron chi connectivity index (χ3n) is 6.71. The molecule has 0 radical (unpaired) electrons. The van der Waals surface area contributed by atoms with Crippen LogP contribution in [0.3, 0.4) is 0 Å². The first-order chi connectivity index (χ1) is 13.0. The van der Waals surface area contributed by atoms with Gasteiger partial charge in [0.25, 0.3) is 5.56 Å². The molecule has 1 heterocycles. The summed E-state index contributed by atoms with van der Waals surface area (Å²) in [6, 6.07) is 0. The Morgan fingerprint density at radius 2 is 2.11 bits per heavy atom. The lowest BCUT2D eigenvalue weighted by molar-refractivity contribution is -0.323. The van der Waals surface area contributed by atoms with Crippen LogP contribution in [0.2, 0.25) is 5.02 Å². The van der Waals surface area contributed by atoms with Gasteiger partial charge in [0.1, 0.15) is 5.02 Å². The largest absolute Gasteiger partial charge is 0.550 e. The van der Waals surface area contributed by atoms with Gasteiger partial charge in [-0.25, -0.2) is 4.68 Å². The molecule has 1 aromatic rings. The molecule has 4 aliphatic carbocycles. The predicted octanol–water partition coefficient (Wildman–Crippen LogP) is 1.25. The van der Waals surface area contributed by atoms with E-state index in [0.717, 1.165) is 25.7 Å². The zero-order chi connectivity index (χ0) is 19.2. The molecule has 4 bridgehead atoms. The monoisotopic (exact) mass is 394 g/mol. The molecular weight excluding hydrogens is 370 g/mol. The molecule has 2 unspecified atom stereocenters. The number of aliphatic carboxylic acids is 1.